The lowest BCUT2D eigenvalue weighted by Gasteiger charge is -2.30. The molecule has 1 fully saturated rings. The van der Waals surface area contributed by atoms with Gasteiger partial charge in [-0.25, -0.2) is 4.39 Å². The molecule has 1 aliphatic carbocycles. The largest absolute Gasteiger partial charge is 0.391 e. The highest BCUT2D eigenvalue weighted by Gasteiger charge is 2.41. The number of alkyl halides is 3. The van der Waals surface area contributed by atoms with Crippen molar-refractivity contribution in [2.45, 2.75) is 44.3 Å². The molecular formula is C15H19F4N. The van der Waals surface area contributed by atoms with Crippen LogP contribution in [0.4, 0.5) is 17.6 Å². The lowest BCUT2D eigenvalue weighted by molar-refractivity contribution is -0.182. The predicted molar refractivity (Wildman–Crippen MR) is 69.9 cm³/mol. The van der Waals surface area contributed by atoms with Crippen LogP contribution in [0, 0.1) is 11.7 Å². The van der Waals surface area contributed by atoms with Crippen molar-refractivity contribution in [2.24, 2.45) is 5.92 Å². The van der Waals surface area contributed by atoms with Crippen LogP contribution in [0.15, 0.2) is 24.3 Å². The first-order valence-electron chi connectivity index (χ1n) is 6.99. The van der Waals surface area contributed by atoms with E-state index in [0.29, 0.717) is 19.4 Å². The summed E-state index contributed by atoms with van der Waals surface area (Å²) in [6, 6.07) is 6.48. The van der Waals surface area contributed by atoms with E-state index in [1.807, 2.05) is 0 Å². The first-order valence-corrected chi connectivity index (χ1v) is 6.99. The highest BCUT2D eigenvalue weighted by atomic mass is 19.4. The fourth-order valence-corrected chi connectivity index (χ4v) is 2.70. The Bertz CT molecular complexity index is 405. The van der Waals surface area contributed by atoms with Crippen molar-refractivity contribution in [2.75, 3.05) is 6.54 Å². The molecule has 0 spiro atoms. The lowest BCUT2D eigenvalue weighted by atomic mass is 9.85. The Morgan fingerprint density at radius 1 is 1.00 bits per heavy atom. The molecule has 112 valence electrons. The molecule has 2 rings (SSSR count). The number of halogens is 4. The number of rotatable bonds is 4. The second kappa shape index (κ2) is 6.57. The summed E-state index contributed by atoms with van der Waals surface area (Å²) in [6.07, 6.45) is -1.69. The Hall–Kier alpha value is -1.10. The molecule has 0 atom stereocenters. The van der Waals surface area contributed by atoms with Crippen molar-refractivity contribution >= 4 is 0 Å². The van der Waals surface area contributed by atoms with Gasteiger partial charge in [0.1, 0.15) is 5.82 Å². The van der Waals surface area contributed by atoms with E-state index in [1.54, 1.807) is 12.1 Å². The Balaban J connectivity index is 1.67. The zero-order chi connectivity index (χ0) is 14.6. The molecule has 0 aliphatic heterocycles. The molecule has 20 heavy (non-hydrogen) atoms. The van der Waals surface area contributed by atoms with Gasteiger partial charge in [0, 0.05) is 6.04 Å². The number of benzene rings is 1. The average molecular weight is 289 g/mol. The van der Waals surface area contributed by atoms with Crippen LogP contribution in [-0.2, 0) is 6.42 Å². The first kappa shape index (κ1) is 15.3. The van der Waals surface area contributed by atoms with Crippen LogP contribution in [0.5, 0.6) is 0 Å². The van der Waals surface area contributed by atoms with Gasteiger partial charge in [0.15, 0.2) is 0 Å². The van der Waals surface area contributed by atoms with E-state index in [-0.39, 0.29) is 24.7 Å². The zero-order valence-corrected chi connectivity index (χ0v) is 11.2. The van der Waals surface area contributed by atoms with Crippen LogP contribution in [0.2, 0.25) is 0 Å². The van der Waals surface area contributed by atoms with Crippen molar-refractivity contribution in [3.8, 4) is 0 Å². The second-order valence-electron chi connectivity index (χ2n) is 5.42. The van der Waals surface area contributed by atoms with E-state index in [9.17, 15) is 17.6 Å². The van der Waals surface area contributed by atoms with Gasteiger partial charge >= 0.3 is 6.18 Å². The molecule has 1 aromatic carbocycles. The smallest absolute Gasteiger partial charge is 0.314 e. The summed E-state index contributed by atoms with van der Waals surface area (Å²) in [5.74, 6) is -1.38. The van der Waals surface area contributed by atoms with Crippen molar-refractivity contribution in [3.63, 3.8) is 0 Å². The quantitative estimate of drug-likeness (QED) is 0.824. The third-order valence-electron chi connectivity index (χ3n) is 3.95. The third kappa shape index (κ3) is 4.47. The molecule has 5 heteroatoms. The first-order chi connectivity index (χ1) is 9.45. The Morgan fingerprint density at radius 3 is 2.15 bits per heavy atom. The van der Waals surface area contributed by atoms with Crippen molar-refractivity contribution in [3.05, 3.63) is 35.6 Å². The molecule has 1 aromatic rings. The fraction of sp³-hybridized carbons (Fsp3) is 0.600. The predicted octanol–water partition coefficient (Wildman–Crippen LogP) is 4.08. The maximum absolute atomic E-state index is 12.7. The van der Waals surface area contributed by atoms with E-state index in [4.69, 9.17) is 0 Å². The van der Waals surface area contributed by atoms with Crippen molar-refractivity contribution < 1.29 is 17.6 Å². The van der Waals surface area contributed by atoms with Gasteiger partial charge in [-0.3, -0.25) is 0 Å². The summed E-state index contributed by atoms with van der Waals surface area (Å²) in [6.45, 7) is 0.715. The molecule has 0 radical (unpaired) electrons. The van der Waals surface area contributed by atoms with Crippen molar-refractivity contribution in [1.82, 2.24) is 5.32 Å². The number of hydrogen-bond acceptors (Lipinski definition) is 1. The molecule has 0 unspecified atom stereocenters. The van der Waals surface area contributed by atoms with Crippen molar-refractivity contribution in [1.29, 1.82) is 0 Å². The molecule has 0 bridgehead atoms. The Labute approximate surface area is 116 Å². The van der Waals surface area contributed by atoms with Gasteiger partial charge in [0.25, 0.3) is 0 Å². The molecule has 0 amide bonds. The lowest BCUT2D eigenvalue weighted by Crippen LogP contribution is -2.37. The third-order valence-corrected chi connectivity index (χ3v) is 3.95. The van der Waals surface area contributed by atoms with Crippen LogP contribution < -0.4 is 5.32 Å². The van der Waals surface area contributed by atoms with Gasteiger partial charge in [0.05, 0.1) is 5.92 Å². The molecule has 1 N–H and O–H groups in total. The van der Waals surface area contributed by atoms with Gasteiger partial charge < -0.3 is 5.32 Å². The molecule has 1 aliphatic rings. The highest BCUT2D eigenvalue weighted by molar-refractivity contribution is 5.16. The van der Waals surface area contributed by atoms with Gasteiger partial charge in [-0.2, -0.15) is 13.2 Å². The summed E-state index contributed by atoms with van der Waals surface area (Å²) in [4.78, 5) is 0. The van der Waals surface area contributed by atoms with Crippen LogP contribution >= 0.6 is 0 Å². The summed E-state index contributed by atoms with van der Waals surface area (Å²) in [5.41, 5.74) is 1.03. The Kier molecular flexibility index (Phi) is 5.02. The summed E-state index contributed by atoms with van der Waals surface area (Å²) >= 11 is 0. The van der Waals surface area contributed by atoms with Gasteiger partial charge in [0.2, 0.25) is 0 Å². The van der Waals surface area contributed by atoms with Gasteiger partial charge in [-0.05, 0) is 56.3 Å². The molecule has 0 heterocycles. The van der Waals surface area contributed by atoms with Crippen LogP contribution in [-0.4, -0.2) is 18.8 Å². The van der Waals surface area contributed by atoms with Gasteiger partial charge in [-0.1, -0.05) is 12.1 Å². The zero-order valence-electron chi connectivity index (χ0n) is 11.2. The van der Waals surface area contributed by atoms with E-state index < -0.39 is 12.1 Å². The van der Waals surface area contributed by atoms with E-state index >= 15 is 0 Å². The molecule has 1 saturated carbocycles. The van der Waals surface area contributed by atoms with Crippen LogP contribution in [0.3, 0.4) is 0 Å². The van der Waals surface area contributed by atoms with E-state index in [0.717, 1.165) is 12.0 Å². The van der Waals surface area contributed by atoms with Crippen LogP contribution in [0.25, 0.3) is 0 Å². The highest BCUT2D eigenvalue weighted by Crippen LogP contribution is 2.37. The SMILES string of the molecule is Fc1ccc(CCNC2CCC(C(F)(F)F)CC2)cc1. The fourth-order valence-electron chi connectivity index (χ4n) is 2.70. The molecule has 0 saturated heterocycles. The summed E-state index contributed by atoms with van der Waals surface area (Å²) < 4.78 is 50.3. The topological polar surface area (TPSA) is 12.0 Å². The Morgan fingerprint density at radius 2 is 1.60 bits per heavy atom. The van der Waals surface area contributed by atoms with E-state index in [2.05, 4.69) is 5.32 Å². The van der Waals surface area contributed by atoms with Crippen LogP contribution in [0.1, 0.15) is 31.2 Å². The number of hydrogen-bond donors (Lipinski definition) is 1. The molecular weight excluding hydrogens is 270 g/mol. The average Bonchev–Trinajstić information content (AvgIpc) is 2.41. The standard InChI is InChI=1S/C15H19F4N/c16-13-5-1-11(2-6-13)9-10-20-14-7-3-12(4-8-14)15(17,18)19/h1-2,5-6,12,14,20H,3-4,7-10H2. The monoisotopic (exact) mass is 289 g/mol. The summed E-state index contributed by atoms with van der Waals surface area (Å²) in [7, 11) is 0. The maximum atomic E-state index is 12.7. The summed E-state index contributed by atoms with van der Waals surface area (Å²) in [5, 5.41) is 3.30. The minimum Gasteiger partial charge on any atom is -0.314 e. The van der Waals surface area contributed by atoms with Gasteiger partial charge in [-0.15, -0.1) is 0 Å². The normalized spacial score (nSPS) is 23.8. The van der Waals surface area contributed by atoms with E-state index in [1.165, 1.54) is 12.1 Å². The molecule has 0 aromatic heterocycles. The maximum Gasteiger partial charge on any atom is 0.391 e. The molecule has 1 nitrogen and oxygen atoms in total. The second-order valence-corrected chi connectivity index (χ2v) is 5.42. The minimum absolute atomic E-state index is 0.175. The number of nitrogens with one attached hydrogen (secondary N) is 1. The minimum atomic E-state index is -4.04.